The van der Waals surface area contributed by atoms with Gasteiger partial charge in [0.1, 0.15) is 11.4 Å². The molecule has 3 heterocycles. The van der Waals surface area contributed by atoms with Crippen molar-refractivity contribution >= 4 is 28.8 Å². The molecule has 8 nitrogen and oxygen atoms in total. The number of hydrogen-bond acceptors (Lipinski definition) is 5. The SMILES string of the molecule is C1CC1.NC(c1c(F)c(C(F)(F)F)c(-c2cn3cc(NC=O)nc3cn2)c2cn[nH]c12)C1CC1. The van der Waals surface area contributed by atoms with Gasteiger partial charge in [-0.25, -0.2) is 9.37 Å². The first-order chi connectivity index (χ1) is 16.3. The van der Waals surface area contributed by atoms with Gasteiger partial charge in [0.25, 0.3) is 0 Å². The molecule has 178 valence electrons. The van der Waals surface area contributed by atoms with E-state index in [1.165, 1.54) is 48.5 Å². The number of alkyl halides is 3. The third kappa shape index (κ3) is 4.09. The second kappa shape index (κ2) is 8.35. The van der Waals surface area contributed by atoms with Crippen LogP contribution in [0.1, 0.15) is 49.3 Å². The molecule has 0 saturated heterocycles. The van der Waals surface area contributed by atoms with Crippen LogP contribution < -0.4 is 11.1 Å². The van der Waals surface area contributed by atoms with Gasteiger partial charge in [0.05, 0.1) is 29.8 Å². The predicted molar refractivity (Wildman–Crippen MR) is 116 cm³/mol. The molecule has 1 amide bonds. The van der Waals surface area contributed by atoms with Gasteiger partial charge in [0.2, 0.25) is 6.41 Å². The summed E-state index contributed by atoms with van der Waals surface area (Å²) in [5.74, 6) is -1.30. The molecule has 6 rings (SSSR count). The minimum Gasteiger partial charge on any atom is -0.324 e. The summed E-state index contributed by atoms with van der Waals surface area (Å²) in [6.07, 6.45) is 6.52. The molecule has 12 heteroatoms. The molecular formula is C22H21F4N7O. The van der Waals surface area contributed by atoms with Crippen molar-refractivity contribution in [3.8, 4) is 11.3 Å². The minimum absolute atomic E-state index is 0.0676. The number of benzene rings is 1. The summed E-state index contributed by atoms with van der Waals surface area (Å²) in [5.41, 5.74) is 4.29. The fourth-order valence-electron chi connectivity index (χ4n) is 3.86. The third-order valence-corrected chi connectivity index (χ3v) is 5.79. The summed E-state index contributed by atoms with van der Waals surface area (Å²) in [6, 6.07) is -0.876. The lowest BCUT2D eigenvalue weighted by atomic mass is 9.91. The van der Waals surface area contributed by atoms with E-state index in [9.17, 15) is 18.0 Å². The first kappa shape index (κ1) is 22.3. The molecule has 2 fully saturated rings. The standard InChI is InChI=1S/C19H15F4N7O.C3H6/c20-16-14(17(24)8-1-2-8)18-9(3-27-29-18)13(15(16)19(21,22)23)10-5-30-6-11(26-7-31)28-12(30)4-25-10;1-2-3-1/h3-8,17H,1-2,24H2,(H,26,31)(H,27,29);1-3H2. The van der Waals surface area contributed by atoms with Crippen molar-refractivity contribution < 1.29 is 22.4 Å². The van der Waals surface area contributed by atoms with E-state index in [2.05, 4.69) is 25.5 Å². The fourth-order valence-corrected chi connectivity index (χ4v) is 3.86. The van der Waals surface area contributed by atoms with Crippen LogP contribution >= 0.6 is 0 Å². The molecule has 4 aromatic rings. The summed E-state index contributed by atoms with van der Waals surface area (Å²) >= 11 is 0. The van der Waals surface area contributed by atoms with E-state index in [-0.39, 0.29) is 39.5 Å². The quantitative estimate of drug-likeness (QED) is 0.289. The molecular weight excluding hydrogens is 454 g/mol. The summed E-state index contributed by atoms with van der Waals surface area (Å²) in [7, 11) is 0. The second-order valence-corrected chi connectivity index (χ2v) is 8.48. The first-order valence-electron chi connectivity index (χ1n) is 10.9. The molecule has 1 unspecified atom stereocenters. The van der Waals surface area contributed by atoms with E-state index in [1.54, 1.807) is 0 Å². The Hall–Kier alpha value is -3.54. The van der Waals surface area contributed by atoms with E-state index in [1.807, 2.05) is 0 Å². The molecule has 3 aromatic heterocycles. The zero-order valence-corrected chi connectivity index (χ0v) is 17.9. The van der Waals surface area contributed by atoms with Crippen molar-refractivity contribution in [2.24, 2.45) is 11.7 Å². The van der Waals surface area contributed by atoms with Gasteiger partial charge in [-0.3, -0.25) is 14.9 Å². The van der Waals surface area contributed by atoms with Gasteiger partial charge in [0, 0.05) is 28.8 Å². The number of imidazole rings is 1. The Morgan fingerprint density at radius 3 is 2.56 bits per heavy atom. The van der Waals surface area contributed by atoms with Crippen LogP contribution in [-0.4, -0.2) is 31.0 Å². The van der Waals surface area contributed by atoms with Gasteiger partial charge in [-0.05, 0) is 18.8 Å². The van der Waals surface area contributed by atoms with Crippen LogP contribution in [-0.2, 0) is 11.0 Å². The number of carbonyl (C=O) groups excluding carboxylic acids is 1. The Bertz CT molecular complexity index is 1370. The molecule has 2 aliphatic rings. The van der Waals surface area contributed by atoms with Crippen molar-refractivity contribution in [3.63, 3.8) is 0 Å². The number of halogens is 4. The number of rotatable bonds is 5. The molecule has 2 aliphatic carbocycles. The van der Waals surface area contributed by atoms with Gasteiger partial charge in [0.15, 0.2) is 11.5 Å². The van der Waals surface area contributed by atoms with E-state index in [4.69, 9.17) is 5.73 Å². The summed E-state index contributed by atoms with van der Waals surface area (Å²) in [4.78, 5) is 18.8. The smallest absolute Gasteiger partial charge is 0.324 e. The average molecular weight is 475 g/mol. The number of nitrogens with two attached hydrogens (primary N) is 1. The Balaban J connectivity index is 0.000000745. The normalized spacial score (nSPS) is 16.3. The molecule has 0 aliphatic heterocycles. The van der Waals surface area contributed by atoms with Crippen LogP contribution in [0.15, 0.2) is 24.8 Å². The maximum Gasteiger partial charge on any atom is 0.419 e. The number of aromatic nitrogens is 5. The van der Waals surface area contributed by atoms with Crippen molar-refractivity contribution in [2.75, 3.05) is 5.32 Å². The Labute approximate surface area is 190 Å². The number of H-pyrrole nitrogens is 1. The van der Waals surface area contributed by atoms with Crippen LogP contribution in [0.25, 0.3) is 27.8 Å². The number of anilines is 1. The maximum atomic E-state index is 15.4. The van der Waals surface area contributed by atoms with Crippen LogP contribution in [0.4, 0.5) is 23.4 Å². The largest absolute Gasteiger partial charge is 0.419 e. The molecule has 0 bridgehead atoms. The lowest BCUT2D eigenvalue weighted by Crippen LogP contribution is -2.20. The van der Waals surface area contributed by atoms with Crippen molar-refractivity contribution in [3.05, 3.63) is 41.7 Å². The summed E-state index contributed by atoms with van der Waals surface area (Å²) in [6.45, 7) is 0. The Kier molecular flexibility index (Phi) is 5.47. The number of fused-ring (bicyclic) bond motifs is 2. The number of nitrogens with one attached hydrogen (secondary N) is 2. The lowest BCUT2D eigenvalue weighted by Gasteiger charge is -2.20. The monoisotopic (exact) mass is 475 g/mol. The molecule has 1 atom stereocenters. The van der Waals surface area contributed by atoms with Gasteiger partial charge in [-0.15, -0.1) is 0 Å². The maximum absolute atomic E-state index is 15.4. The van der Waals surface area contributed by atoms with Crippen LogP contribution in [0, 0.1) is 11.7 Å². The average Bonchev–Trinajstić information content (AvgIpc) is 3.72. The highest BCUT2D eigenvalue weighted by Crippen LogP contribution is 2.48. The number of carbonyl (C=O) groups is 1. The molecule has 1 aromatic carbocycles. The zero-order chi connectivity index (χ0) is 24.0. The first-order valence-corrected chi connectivity index (χ1v) is 10.9. The Morgan fingerprint density at radius 2 is 1.94 bits per heavy atom. The third-order valence-electron chi connectivity index (χ3n) is 5.79. The molecule has 2 saturated carbocycles. The topological polar surface area (TPSA) is 114 Å². The zero-order valence-electron chi connectivity index (χ0n) is 17.9. The van der Waals surface area contributed by atoms with Gasteiger partial charge < -0.3 is 15.5 Å². The van der Waals surface area contributed by atoms with E-state index >= 15 is 4.39 Å². The number of amides is 1. The lowest BCUT2D eigenvalue weighted by molar-refractivity contribution is -0.139. The highest BCUT2D eigenvalue weighted by atomic mass is 19.4. The van der Waals surface area contributed by atoms with Crippen LogP contribution in [0.5, 0.6) is 0 Å². The van der Waals surface area contributed by atoms with Gasteiger partial charge in [-0.2, -0.15) is 18.3 Å². The van der Waals surface area contributed by atoms with Crippen molar-refractivity contribution in [1.82, 2.24) is 24.6 Å². The fraction of sp³-hybridized carbons (Fsp3) is 0.364. The number of nitrogens with zero attached hydrogens (tertiary/aromatic N) is 4. The summed E-state index contributed by atoms with van der Waals surface area (Å²) < 4.78 is 59.1. The Morgan fingerprint density at radius 1 is 1.21 bits per heavy atom. The van der Waals surface area contributed by atoms with Crippen molar-refractivity contribution in [1.29, 1.82) is 0 Å². The van der Waals surface area contributed by atoms with Crippen LogP contribution in [0.2, 0.25) is 0 Å². The summed E-state index contributed by atoms with van der Waals surface area (Å²) in [5, 5.41) is 8.88. The minimum atomic E-state index is -5.00. The van der Waals surface area contributed by atoms with Gasteiger partial charge in [-0.1, -0.05) is 19.3 Å². The van der Waals surface area contributed by atoms with Crippen LogP contribution in [0.3, 0.4) is 0 Å². The van der Waals surface area contributed by atoms with Gasteiger partial charge >= 0.3 is 6.18 Å². The second-order valence-electron chi connectivity index (χ2n) is 8.48. The highest BCUT2D eigenvalue weighted by Gasteiger charge is 2.43. The molecule has 0 radical (unpaired) electrons. The molecule has 34 heavy (non-hydrogen) atoms. The van der Waals surface area contributed by atoms with E-state index < -0.39 is 29.2 Å². The molecule has 4 N–H and O–H groups in total. The van der Waals surface area contributed by atoms with Crippen molar-refractivity contribution in [2.45, 2.75) is 44.3 Å². The van der Waals surface area contributed by atoms with E-state index in [0.29, 0.717) is 6.41 Å². The molecule has 0 spiro atoms. The predicted octanol–water partition coefficient (Wildman–Crippen LogP) is 4.58. The number of hydrogen-bond donors (Lipinski definition) is 3. The highest BCUT2D eigenvalue weighted by molar-refractivity contribution is 5.98. The van der Waals surface area contributed by atoms with E-state index in [0.717, 1.165) is 12.8 Å². The number of aromatic amines is 1.